The van der Waals surface area contributed by atoms with Crippen molar-refractivity contribution >= 4 is 17.4 Å². The molecule has 112 valence electrons. The van der Waals surface area contributed by atoms with Crippen LogP contribution < -0.4 is 5.32 Å². The predicted octanol–water partition coefficient (Wildman–Crippen LogP) is 4.93. The van der Waals surface area contributed by atoms with E-state index in [0.29, 0.717) is 11.3 Å². The summed E-state index contributed by atoms with van der Waals surface area (Å²) in [6, 6.07) is 2.79. The van der Waals surface area contributed by atoms with Gasteiger partial charge in [0.25, 0.3) is 0 Å². The molecule has 1 aliphatic rings. The summed E-state index contributed by atoms with van der Waals surface area (Å²) in [6.45, 7) is 0. The summed E-state index contributed by atoms with van der Waals surface area (Å²) < 4.78 is 51.1. The minimum atomic E-state index is -4.50. The van der Waals surface area contributed by atoms with Gasteiger partial charge in [0.2, 0.25) is 0 Å². The van der Waals surface area contributed by atoms with Gasteiger partial charge in [-0.15, -0.1) is 0 Å². The van der Waals surface area contributed by atoms with E-state index in [1.807, 2.05) is 11.8 Å². The van der Waals surface area contributed by atoms with Crippen LogP contribution in [0.4, 0.5) is 23.2 Å². The Morgan fingerprint density at radius 2 is 1.80 bits per heavy atom. The van der Waals surface area contributed by atoms with Gasteiger partial charge in [-0.1, -0.05) is 0 Å². The molecule has 1 aromatic rings. The van der Waals surface area contributed by atoms with E-state index in [9.17, 15) is 17.6 Å². The molecule has 0 saturated heterocycles. The zero-order chi connectivity index (χ0) is 14.8. The lowest BCUT2D eigenvalue weighted by atomic mass is 9.94. The highest BCUT2D eigenvalue weighted by molar-refractivity contribution is 7.99. The summed E-state index contributed by atoms with van der Waals surface area (Å²) in [5.41, 5.74) is -0.794. The molecule has 1 fully saturated rings. The quantitative estimate of drug-likeness (QED) is 0.795. The molecule has 0 radical (unpaired) electrons. The summed E-state index contributed by atoms with van der Waals surface area (Å²) in [5.74, 6) is -0.841. The van der Waals surface area contributed by atoms with Crippen LogP contribution in [-0.2, 0) is 6.18 Å². The Balaban J connectivity index is 2.00. The standard InChI is InChI=1S/C14H17F4NS/c1-20-11-5-3-10(4-6-11)19-13-7-2-9(8-12(13)15)14(16,17)18/h2,7-8,10-11,19H,3-6H2,1H3. The lowest BCUT2D eigenvalue weighted by Crippen LogP contribution is -2.27. The molecule has 0 atom stereocenters. The molecule has 1 nitrogen and oxygen atoms in total. The first-order chi connectivity index (χ1) is 9.40. The fourth-order valence-electron chi connectivity index (χ4n) is 2.47. The molecule has 1 N–H and O–H groups in total. The second-order valence-corrected chi connectivity index (χ2v) is 6.18. The summed E-state index contributed by atoms with van der Waals surface area (Å²) in [5, 5.41) is 3.66. The second-order valence-electron chi connectivity index (χ2n) is 5.05. The number of anilines is 1. The highest BCUT2D eigenvalue weighted by Crippen LogP contribution is 2.33. The van der Waals surface area contributed by atoms with Crippen molar-refractivity contribution in [3.63, 3.8) is 0 Å². The van der Waals surface area contributed by atoms with E-state index in [2.05, 4.69) is 11.6 Å². The normalized spacial score (nSPS) is 23.6. The molecule has 6 heteroatoms. The third-order valence-corrected chi connectivity index (χ3v) is 4.80. The lowest BCUT2D eigenvalue weighted by Gasteiger charge is -2.29. The SMILES string of the molecule is CSC1CCC(Nc2ccc(C(F)(F)F)cc2F)CC1. The van der Waals surface area contributed by atoms with E-state index in [1.165, 1.54) is 6.07 Å². The smallest absolute Gasteiger partial charge is 0.380 e. The Morgan fingerprint density at radius 3 is 2.30 bits per heavy atom. The highest BCUT2D eigenvalue weighted by atomic mass is 32.2. The highest BCUT2D eigenvalue weighted by Gasteiger charge is 2.31. The van der Waals surface area contributed by atoms with Crippen LogP contribution in [0.25, 0.3) is 0 Å². The van der Waals surface area contributed by atoms with Crippen molar-refractivity contribution in [1.82, 2.24) is 0 Å². The van der Waals surface area contributed by atoms with Crippen molar-refractivity contribution in [1.29, 1.82) is 0 Å². The van der Waals surface area contributed by atoms with Crippen LogP contribution in [-0.4, -0.2) is 17.5 Å². The molecule has 1 aliphatic carbocycles. The fraction of sp³-hybridized carbons (Fsp3) is 0.571. The van der Waals surface area contributed by atoms with Gasteiger partial charge in [0.15, 0.2) is 0 Å². The molecule has 0 spiro atoms. The number of rotatable bonds is 3. The first-order valence-electron chi connectivity index (χ1n) is 6.56. The molecule has 20 heavy (non-hydrogen) atoms. The number of hydrogen-bond donors (Lipinski definition) is 1. The van der Waals surface area contributed by atoms with Crippen LogP contribution in [0.3, 0.4) is 0 Å². The van der Waals surface area contributed by atoms with Crippen molar-refractivity contribution in [2.24, 2.45) is 0 Å². The summed E-state index contributed by atoms with van der Waals surface area (Å²) in [7, 11) is 0. The molecule has 1 saturated carbocycles. The Labute approximate surface area is 120 Å². The van der Waals surface area contributed by atoms with Crippen LogP contribution >= 0.6 is 11.8 Å². The Bertz CT molecular complexity index is 453. The first-order valence-corrected chi connectivity index (χ1v) is 7.85. The van der Waals surface area contributed by atoms with Crippen LogP contribution in [0.2, 0.25) is 0 Å². The van der Waals surface area contributed by atoms with E-state index in [0.717, 1.165) is 31.7 Å². The maximum absolute atomic E-state index is 13.7. The molecule has 0 bridgehead atoms. The molecule has 0 aromatic heterocycles. The Morgan fingerprint density at radius 1 is 1.15 bits per heavy atom. The summed E-state index contributed by atoms with van der Waals surface area (Å²) in [6.07, 6.45) is 1.53. The number of thioether (sulfide) groups is 1. The zero-order valence-electron chi connectivity index (χ0n) is 11.1. The average Bonchev–Trinajstić information content (AvgIpc) is 2.41. The average molecular weight is 307 g/mol. The van der Waals surface area contributed by atoms with Crippen LogP contribution in [0.1, 0.15) is 31.2 Å². The molecule has 1 aromatic carbocycles. The summed E-state index contributed by atoms with van der Waals surface area (Å²) in [4.78, 5) is 0. The Hall–Kier alpha value is -0.910. The number of alkyl halides is 3. The maximum atomic E-state index is 13.7. The minimum Gasteiger partial charge on any atom is -0.380 e. The van der Waals surface area contributed by atoms with E-state index in [-0.39, 0.29) is 11.7 Å². The van der Waals surface area contributed by atoms with Gasteiger partial charge in [-0.05, 0) is 50.1 Å². The minimum absolute atomic E-state index is 0.143. The largest absolute Gasteiger partial charge is 0.416 e. The molecular weight excluding hydrogens is 290 g/mol. The fourth-order valence-corrected chi connectivity index (χ4v) is 3.21. The van der Waals surface area contributed by atoms with Crippen molar-refractivity contribution in [2.75, 3.05) is 11.6 Å². The van der Waals surface area contributed by atoms with Crippen LogP contribution in [0, 0.1) is 5.82 Å². The van der Waals surface area contributed by atoms with Crippen molar-refractivity contribution in [3.05, 3.63) is 29.6 Å². The number of hydrogen-bond acceptors (Lipinski definition) is 2. The van der Waals surface area contributed by atoms with Crippen molar-refractivity contribution < 1.29 is 17.6 Å². The third-order valence-electron chi connectivity index (χ3n) is 3.66. The molecular formula is C14H17F4NS. The van der Waals surface area contributed by atoms with Gasteiger partial charge in [0.05, 0.1) is 11.3 Å². The molecule has 0 aliphatic heterocycles. The van der Waals surface area contributed by atoms with E-state index < -0.39 is 17.6 Å². The molecule has 0 amide bonds. The summed E-state index contributed by atoms with van der Waals surface area (Å²) >= 11 is 1.84. The maximum Gasteiger partial charge on any atom is 0.416 e. The lowest BCUT2D eigenvalue weighted by molar-refractivity contribution is -0.137. The third kappa shape index (κ3) is 3.81. The van der Waals surface area contributed by atoms with Crippen molar-refractivity contribution in [3.8, 4) is 0 Å². The van der Waals surface area contributed by atoms with Gasteiger partial charge < -0.3 is 5.32 Å². The second kappa shape index (κ2) is 6.24. The van der Waals surface area contributed by atoms with E-state index >= 15 is 0 Å². The number of nitrogens with one attached hydrogen (secondary N) is 1. The topological polar surface area (TPSA) is 12.0 Å². The predicted molar refractivity (Wildman–Crippen MR) is 74.6 cm³/mol. The van der Waals surface area contributed by atoms with Crippen LogP contribution in [0.5, 0.6) is 0 Å². The van der Waals surface area contributed by atoms with Gasteiger partial charge in [0.1, 0.15) is 5.82 Å². The molecule has 2 rings (SSSR count). The number of halogens is 4. The molecule has 0 heterocycles. The van der Waals surface area contributed by atoms with Gasteiger partial charge in [0, 0.05) is 11.3 Å². The van der Waals surface area contributed by atoms with Crippen molar-refractivity contribution in [2.45, 2.75) is 43.2 Å². The van der Waals surface area contributed by atoms with Gasteiger partial charge in [-0.3, -0.25) is 0 Å². The monoisotopic (exact) mass is 307 g/mol. The zero-order valence-corrected chi connectivity index (χ0v) is 12.0. The Kier molecular flexibility index (Phi) is 4.83. The number of benzene rings is 1. The van der Waals surface area contributed by atoms with E-state index in [1.54, 1.807) is 0 Å². The van der Waals surface area contributed by atoms with E-state index in [4.69, 9.17) is 0 Å². The molecule has 0 unspecified atom stereocenters. The first kappa shape index (κ1) is 15.5. The van der Waals surface area contributed by atoms with Gasteiger partial charge in [-0.2, -0.15) is 24.9 Å². The van der Waals surface area contributed by atoms with Crippen LogP contribution in [0.15, 0.2) is 18.2 Å². The van der Waals surface area contributed by atoms with Gasteiger partial charge >= 0.3 is 6.18 Å². The van der Waals surface area contributed by atoms with Gasteiger partial charge in [-0.25, -0.2) is 4.39 Å².